The lowest BCUT2D eigenvalue weighted by molar-refractivity contribution is 0.331. The number of halogens is 1. The molecule has 0 aromatic heterocycles. The van der Waals surface area contributed by atoms with Crippen LogP contribution in [0.25, 0.3) is 0 Å². The van der Waals surface area contributed by atoms with Crippen molar-refractivity contribution >= 4 is 27.3 Å². The number of sulfonamides is 1. The molecule has 0 radical (unpaired) electrons. The van der Waals surface area contributed by atoms with Crippen LogP contribution < -0.4 is 14.2 Å². The van der Waals surface area contributed by atoms with Crippen LogP contribution >= 0.6 is 11.6 Å². The van der Waals surface area contributed by atoms with E-state index in [1.54, 1.807) is 37.3 Å². The van der Waals surface area contributed by atoms with Gasteiger partial charge in [-0.15, -0.1) is 0 Å². The highest BCUT2D eigenvalue weighted by Gasteiger charge is 2.20. The van der Waals surface area contributed by atoms with E-state index >= 15 is 0 Å². The second-order valence-corrected chi connectivity index (χ2v) is 6.45. The van der Waals surface area contributed by atoms with Gasteiger partial charge < -0.3 is 9.47 Å². The van der Waals surface area contributed by atoms with Crippen molar-refractivity contribution in [1.29, 1.82) is 0 Å². The number of methoxy groups -OCH3 is 1. The van der Waals surface area contributed by atoms with E-state index in [4.69, 9.17) is 21.1 Å². The first-order valence-electron chi connectivity index (χ1n) is 6.55. The van der Waals surface area contributed by atoms with E-state index in [9.17, 15) is 8.42 Å². The third-order valence-electron chi connectivity index (χ3n) is 2.82. The van der Waals surface area contributed by atoms with E-state index in [0.29, 0.717) is 23.1 Å². The molecule has 2 rings (SSSR count). The third kappa shape index (κ3) is 3.84. The Morgan fingerprint density at radius 2 is 1.95 bits per heavy atom. The molecule has 0 saturated carbocycles. The van der Waals surface area contributed by atoms with E-state index in [-0.39, 0.29) is 10.6 Å². The molecule has 0 aliphatic rings. The maximum Gasteiger partial charge on any atom is 0.265 e. The number of rotatable bonds is 6. The average Bonchev–Trinajstić information content (AvgIpc) is 2.49. The summed E-state index contributed by atoms with van der Waals surface area (Å²) in [4.78, 5) is -0.00956. The first-order chi connectivity index (χ1) is 10.5. The van der Waals surface area contributed by atoms with Gasteiger partial charge in [0, 0.05) is 11.1 Å². The van der Waals surface area contributed by atoms with E-state index in [1.165, 1.54) is 19.2 Å². The van der Waals surface area contributed by atoms with Gasteiger partial charge in [-0.2, -0.15) is 0 Å². The zero-order valence-corrected chi connectivity index (χ0v) is 13.7. The molecule has 0 unspecified atom stereocenters. The zero-order valence-electron chi connectivity index (χ0n) is 12.2. The van der Waals surface area contributed by atoms with Crippen LogP contribution in [0.1, 0.15) is 6.92 Å². The summed E-state index contributed by atoms with van der Waals surface area (Å²) in [5.41, 5.74) is 0.391. The quantitative estimate of drug-likeness (QED) is 0.872. The molecule has 0 atom stereocenters. The Morgan fingerprint density at radius 3 is 2.64 bits per heavy atom. The van der Waals surface area contributed by atoms with Crippen molar-refractivity contribution in [3.05, 3.63) is 47.5 Å². The summed E-state index contributed by atoms with van der Waals surface area (Å²) in [5, 5.41) is 0.314. The lowest BCUT2D eigenvalue weighted by Crippen LogP contribution is -2.14. The van der Waals surface area contributed by atoms with Crippen LogP contribution in [0.2, 0.25) is 5.02 Å². The summed E-state index contributed by atoms with van der Waals surface area (Å²) < 4.78 is 38.0. The third-order valence-corrected chi connectivity index (χ3v) is 4.45. The van der Waals surface area contributed by atoms with Crippen molar-refractivity contribution < 1.29 is 17.9 Å². The topological polar surface area (TPSA) is 64.6 Å². The van der Waals surface area contributed by atoms with Crippen LogP contribution in [0, 0.1) is 0 Å². The molecule has 0 saturated heterocycles. The minimum atomic E-state index is -3.83. The van der Waals surface area contributed by atoms with Crippen LogP contribution in [0.5, 0.6) is 11.5 Å². The molecule has 0 fully saturated rings. The van der Waals surface area contributed by atoms with E-state index < -0.39 is 10.0 Å². The molecule has 2 aromatic rings. The molecule has 0 aliphatic heterocycles. The number of hydrogen-bond donors (Lipinski definition) is 1. The molecular weight excluding hydrogens is 326 g/mol. The van der Waals surface area contributed by atoms with E-state index in [2.05, 4.69) is 4.72 Å². The molecule has 22 heavy (non-hydrogen) atoms. The fraction of sp³-hybridized carbons (Fsp3) is 0.200. The highest BCUT2D eigenvalue weighted by molar-refractivity contribution is 7.92. The van der Waals surface area contributed by atoms with Crippen molar-refractivity contribution in [3.8, 4) is 11.5 Å². The van der Waals surface area contributed by atoms with E-state index in [0.717, 1.165) is 0 Å². The summed E-state index contributed by atoms with van der Waals surface area (Å²) >= 11 is 5.91. The zero-order chi connectivity index (χ0) is 16.2. The highest BCUT2D eigenvalue weighted by atomic mass is 35.5. The van der Waals surface area contributed by atoms with Crippen molar-refractivity contribution in [1.82, 2.24) is 0 Å². The smallest absolute Gasteiger partial charge is 0.265 e. The van der Waals surface area contributed by atoms with Crippen molar-refractivity contribution in [2.45, 2.75) is 11.8 Å². The molecule has 7 heteroatoms. The lowest BCUT2D eigenvalue weighted by atomic mass is 10.3. The van der Waals surface area contributed by atoms with Gasteiger partial charge in [0.25, 0.3) is 10.0 Å². The number of nitrogens with one attached hydrogen (secondary N) is 1. The minimum absolute atomic E-state index is 0.00956. The molecule has 118 valence electrons. The Balaban J connectivity index is 2.39. The number of benzene rings is 2. The van der Waals surface area contributed by atoms with Crippen molar-refractivity contribution in [2.24, 2.45) is 0 Å². The van der Waals surface area contributed by atoms with Crippen LogP contribution in [0.15, 0.2) is 47.4 Å². The second-order valence-electron chi connectivity index (χ2n) is 4.36. The SMILES string of the molecule is CCOc1ccc(Cl)cc1S(=O)(=O)Nc1cccc(OC)c1. The molecule has 0 aliphatic carbocycles. The predicted molar refractivity (Wildman–Crippen MR) is 86.4 cm³/mol. The molecule has 5 nitrogen and oxygen atoms in total. The van der Waals surface area contributed by atoms with Gasteiger partial charge in [-0.25, -0.2) is 8.42 Å². The maximum absolute atomic E-state index is 12.6. The fourth-order valence-electron chi connectivity index (χ4n) is 1.86. The molecule has 0 bridgehead atoms. The lowest BCUT2D eigenvalue weighted by Gasteiger charge is -2.13. The number of hydrogen-bond acceptors (Lipinski definition) is 4. The van der Waals surface area contributed by atoms with Crippen LogP contribution in [0.3, 0.4) is 0 Å². The molecule has 0 heterocycles. The molecule has 2 aromatic carbocycles. The van der Waals surface area contributed by atoms with Gasteiger partial charge in [-0.3, -0.25) is 4.72 Å². The van der Waals surface area contributed by atoms with Crippen molar-refractivity contribution in [3.63, 3.8) is 0 Å². The van der Waals surface area contributed by atoms with Gasteiger partial charge in [0.15, 0.2) is 0 Å². The predicted octanol–water partition coefficient (Wildman–Crippen LogP) is 3.55. The van der Waals surface area contributed by atoms with Gasteiger partial charge in [-0.05, 0) is 37.3 Å². The summed E-state index contributed by atoms with van der Waals surface area (Å²) in [5.74, 6) is 0.804. The number of anilines is 1. The largest absolute Gasteiger partial charge is 0.497 e. The van der Waals surface area contributed by atoms with Gasteiger partial charge in [0.2, 0.25) is 0 Å². The molecular formula is C15H16ClNO4S. The standard InChI is InChI=1S/C15H16ClNO4S/c1-3-21-14-8-7-11(16)9-15(14)22(18,19)17-12-5-4-6-13(10-12)20-2/h4-10,17H,3H2,1-2H3. The van der Waals surface area contributed by atoms with Crippen LogP contribution in [-0.2, 0) is 10.0 Å². The van der Waals surface area contributed by atoms with Crippen LogP contribution in [0.4, 0.5) is 5.69 Å². The Kier molecular flexibility index (Phi) is 5.15. The van der Waals surface area contributed by atoms with Gasteiger partial charge >= 0.3 is 0 Å². The maximum atomic E-state index is 12.6. The monoisotopic (exact) mass is 341 g/mol. The minimum Gasteiger partial charge on any atom is -0.497 e. The van der Waals surface area contributed by atoms with Crippen LogP contribution in [-0.4, -0.2) is 22.1 Å². The first kappa shape index (κ1) is 16.5. The Hall–Kier alpha value is -1.92. The second kappa shape index (κ2) is 6.89. The average molecular weight is 342 g/mol. The molecule has 0 amide bonds. The molecule has 0 spiro atoms. The molecule has 1 N–H and O–H groups in total. The Morgan fingerprint density at radius 1 is 1.18 bits per heavy atom. The van der Waals surface area contributed by atoms with E-state index in [1.807, 2.05) is 0 Å². The van der Waals surface area contributed by atoms with Crippen molar-refractivity contribution in [2.75, 3.05) is 18.4 Å². The summed E-state index contributed by atoms with van der Waals surface area (Å²) in [6.07, 6.45) is 0. The van der Waals surface area contributed by atoms with Gasteiger partial charge in [-0.1, -0.05) is 17.7 Å². The normalized spacial score (nSPS) is 11.0. The Bertz CT molecular complexity index is 762. The summed E-state index contributed by atoms with van der Waals surface area (Å²) in [7, 11) is -2.32. The van der Waals surface area contributed by atoms with Gasteiger partial charge in [0.05, 0.1) is 19.4 Å². The number of ether oxygens (including phenoxy) is 2. The fourth-order valence-corrected chi connectivity index (χ4v) is 3.32. The highest BCUT2D eigenvalue weighted by Crippen LogP contribution is 2.29. The first-order valence-corrected chi connectivity index (χ1v) is 8.41. The Labute approximate surface area is 134 Å². The summed E-state index contributed by atoms with van der Waals surface area (Å²) in [6.45, 7) is 2.13. The van der Waals surface area contributed by atoms with Gasteiger partial charge in [0.1, 0.15) is 16.4 Å². The summed E-state index contributed by atoms with van der Waals surface area (Å²) in [6, 6.07) is 11.1.